The monoisotopic (exact) mass is 255 g/mol. The number of hydrogen-bond acceptors (Lipinski definition) is 3. The predicted molar refractivity (Wildman–Crippen MR) is 76.8 cm³/mol. The molecule has 0 aromatic heterocycles. The molecule has 0 aliphatic heterocycles. The zero-order valence-electron chi connectivity index (χ0n) is 11.4. The Hall–Kier alpha value is -2.29. The van der Waals surface area contributed by atoms with Gasteiger partial charge in [-0.2, -0.15) is 0 Å². The number of nitrogens with two attached hydrogens (primary N) is 1. The summed E-state index contributed by atoms with van der Waals surface area (Å²) in [6.07, 6.45) is 0. The van der Waals surface area contributed by atoms with Crippen molar-refractivity contribution in [2.45, 2.75) is 13.8 Å². The lowest BCUT2D eigenvalue weighted by Crippen LogP contribution is -2.03. The van der Waals surface area contributed by atoms with Crippen molar-refractivity contribution in [3.05, 3.63) is 58.7 Å². The van der Waals surface area contributed by atoms with Crippen molar-refractivity contribution in [1.29, 1.82) is 0 Å². The lowest BCUT2D eigenvalue weighted by Gasteiger charge is -2.08. The van der Waals surface area contributed by atoms with Crippen LogP contribution in [0.15, 0.2) is 36.4 Å². The highest BCUT2D eigenvalue weighted by Gasteiger charge is 2.11. The van der Waals surface area contributed by atoms with Crippen LogP contribution in [-0.4, -0.2) is 12.9 Å². The van der Waals surface area contributed by atoms with Gasteiger partial charge in [-0.3, -0.25) is 4.79 Å². The molecule has 0 fully saturated rings. The van der Waals surface area contributed by atoms with E-state index in [0.717, 1.165) is 16.9 Å². The average Bonchev–Trinajstić information content (AvgIpc) is 2.41. The Morgan fingerprint density at radius 1 is 1.00 bits per heavy atom. The van der Waals surface area contributed by atoms with Crippen LogP contribution in [0.3, 0.4) is 0 Å². The van der Waals surface area contributed by atoms with E-state index >= 15 is 0 Å². The summed E-state index contributed by atoms with van der Waals surface area (Å²) in [6.45, 7) is 3.81. The molecule has 0 unspecified atom stereocenters. The van der Waals surface area contributed by atoms with E-state index in [4.69, 9.17) is 10.5 Å². The number of methoxy groups -OCH3 is 1. The van der Waals surface area contributed by atoms with Crippen molar-refractivity contribution in [2.75, 3.05) is 12.8 Å². The second-order valence-electron chi connectivity index (χ2n) is 4.58. The van der Waals surface area contributed by atoms with Crippen LogP contribution in [-0.2, 0) is 0 Å². The topological polar surface area (TPSA) is 52.3 Å². The number of ketones is 1. The van der Waals surface area contributed by atoms with Crippen LogP contribution < -0.4 is 10.5 Å². The average molecular weight is 255 g/mol. The van der Waals surface area contributed by atoms with Gasteiger partial charge in [0.15, 0.2) is 5.78 Å². The first kappa shape index (κ1) is 13.1. The molecular formula is C16H17NO2. The van der Waals surface area contributed by atoms with Gasteiger partial charge < -0.3 is 10.5 Å². The molecule has 0 amide bonds. The van der Waals surface area contributed by atoms with Gasteiger partial charge in [0, 0.05) is 16.8 Å². The number of carbonyl (C=O) groups is 1. The molecule has 0 aliphatic rings. The van der Waals surface area contributed by atoms with E-state index in [1.807, 2.05) is 32.0 Å². The lowest BCUT2D eigenvalue weighted by atomic mass is 9.99. The highest BCUT2D eigenvalue weighted by atomic mass is 16.5. The molecule has 0 aliphatic carbocycles. The summed E-state index contributed by atoms with van der Waals surface area (Å²) in [5.41, 5.74) is 9.62. The van der Waals surface area contributed by atoms with E-state index in [1.54, 1.807) is 25.3 Å². The van der Waals surface area contributed by atoms with Crippen molar-refractivity contribution in [3.63, 3.8) is 0 Å². The molecule has 0 heterocycles. The van der Waals surface area contributed by atoms with Gasteiger partial charge in [0.05, 0.1) is 7.11 Å². The number of nitrogen functional groups attached to an aromatic ring is 1. The molecule has 3 nitrogen and oxygen atoms in total. The van der Waals surface area contributed by atoms with E-state index in [9.17, 15) is 4.79 Å². The standard InChI is InChI=1S/C16H17NO2/c1-10-8-12(4-6-14(10)17)16(18)13-5-7-15(19-3)11(2)9-13/h4-9H,17H2,1-3H3. The third-order valence-electron chi connectivity index (χ3n) is 3.19. The number of ether oxygens (including phenoxy) is 1. The molecule has 2 aromatic rings. The van der Waals surface area contributed by atoms with Gasteiger partial charge in [0.25, 0.3) is 0 Å². The van der Waals surface area contributed by atoms with Crippen LogP contribution in [0.25, 0.3) is 0 Å². The van der Waals surface area contributed by atoms with Gasteiger partial charge in [-0.05, 0) is 61.4 Å². The van der Waals surface area contributed by atoms with Crippen molar-refractivity contribution in [2.24, 2.45) is 0 Å². The molecule has 0 saturated heterocycles. The number of carbonyl (C=O) groups excluding carboxylic acids is 1. The Kier molecular flexibility index (Phi) is 3.56. The predicted octanol–water partition coefficient (Wildman–Crippen LogP) is 3.13. The second kappa shape index (κ2) is 5.14. The Morgan fingerprint density at radius 2 is 1.58 bits per heavy atom. The van der Waals surface area contributed by atoms with E-state index in [0.29, 0.717) is 16.8 Å². The molecule has 0 radical (unpaired) electrons. The summed E-state index contributed by atoms with van der Waals surface area (Å²) < 4.78 is 5.19. The number of rotatable bonds is 3. The zero-order valence-corrected chi connectivity index (χ0v) is 11.4. The number of benzene rings is 2. The summed E-state index contributed by atoms with van der Waals surface area (Å²) in [5.74, 6) is 0.777. The maximum Gasteiger partial charge on any atom is 0.193 e. The van der Waals surface area contributed by atoms with Crippen molar-refractivity contribution >= 4 is 11.5 Å². The highest BCUT2D eigenvalue weighted by molar-refractivity contribution is 6.09. The van der Waals surface area contributed by atoms with Crippen LogP contribution in [0.4, 0.5) is 5.69 Å². The Balaban J connectivity index is 2.38. The van der Waals surface area contributed by atoms with Crippen molar-refractivity contribution in [1.82, 2.24) is 0 Å². The van der Waals surface area contributed by atoms with Gasteiger partial charge >= 0.3 is 0 Å². The van der Waals surface area contributed by atoms with Gasteiger partial charge in [0.2, 0.25) is 0 Å². The third-order valence-corrected chi connectivity index (χ3v) is 3.19. The van der Waals surface area contributed by atoms with Gasteiger partial charge in [-0.1, -0.05) is 0 Å². The van der Waals surface area contributed by atoms with Crippen molar-refractivity contribution < 1.29 is 9.53 Å². The fourth-order valence-corrected chi connectivity index (χ4v) is 2.00. The summed E-state index contributed by atoms with van der Waals surface area (Å²) >= 11 is 0. The first-order valence-electron chi connectivity index (χ1n) is 6.08. The molecule has 2 rings (SSSR count). The molecule has 2 N–H and O–H groups in total. The zero-order chi connectivity index (χ0) is 14.0. The number of aryl methyl sites for hydroxylation is 2. The van der Waals surface area contributed by atoms with E-state index in [1.165, 1.54) is 0 Å². The minimum absolute atomic E-state index is 0.00569. The summed E-state index contributed by atoms with van der Waals surface area (Å²) in [5, 5.41) is 0. The van der Waals surface area contributed by atoms with Crippen LogP contribution in [0, 0.1) is 13.8 Å². The number of hydrogen-bond donors (Lipinski definition) is 1. The molecule has 2 aromatic carbocycles. The van der Waals surface area contributed by atoms with Gasteiger partial charge in [-0.25, -0.2) is 0 Å². The Labute approximate surface area is 113 Å². The lowest BCUT2D eigenvalue weighted by molar-refractivity contribution is 0.103. The fourth-order valence-electron chi connectivity index (χ4n) is 2.00. The normalized spacial score (nSPS) is 10.3. The second-order valence-corrected chi connectivity index (χ2v) is 4.58. The fraction of sp³-hybridized carbons (Fsp3) is 0.188. The molecule has 0 spiro atoms. The highest BCUT2D eigenvalue weighted by Crippen LogP contribution is 2.21. The Morgan fingerprint density at radius 3 is 2.11 bits per heavy atom. The molecule has 98 valence electrons. The van der Waals surface area contributed by atoms with Crippen LogP contribution in [0.2, 0.25) is 0 Å². The van der Waals surface area contributed by atoms with E-state index in [2.05, 4.69) is 0 Å². The maximum absolute atomic E-state index is 12.4. The first-order valence-corrected chi connectivity index (χ1v) is 6.08. The third kappa shape index (κ3) is 2.60. The molecule has 0 atom stereocenters. The molecule has 19 heavy (non-hydrogen) atoms. The minimum Gasteiger partial charge on any atom is -0.496 e. The van der Waals surface area contributed by atoms with Gasteiger partial charge in [-0.15, -0.1) is 0 Å². The minimum atomic E-state index is -0.00569. The van der Waals surface area contributed by atoms with Crippen molar-refractivity contribution in [3.8, 4) is 5.75 Å². The molecule has 3 heteroatoms. The van der Waals surface area contributed by atoms with E-state index in [-0.39, 0.29) is 5.78 Å². The van der Waals surface area contributed by atoms with Crippen LogP contribution >= 0.6 is 0 Å². The number of anilines is 1. The smallest absolute Gasteiger partial charge is 0.193 e. The summed E-state index contributed by atoms with van der Waals surface area (Å²) in [6, 6.07) is 10.8. The molecule has 0 bridgehead atoms. The SMILES string of the molecule is COc1ccc(C(=O)c2ccc(N)c(C)c2)cc1C. The quantitative estimate of drug-likeness (QED) is 0.677. The molecular weight excluding hydrogens is 238 g/mol. The largest absolute Gasteiger partial charge is 0.496 e. The summed E-state index contributed by atoms with van der Waals surface area (Å²) in [7, 11) is 1.62. The van der Waals surface area contributed by atoms with Crippen LogP contribution in [0.1, 0.15) is 27.0 Å². The molecule has 0 saturated carbocycles. The Bertz CT molecular complexity index is 633. The maximum atomic E-state index is 12.4. The van der Waals surface area contributed by atoms with Gasteiger partial charge in [0.1, 0.15) is 5.75 Å². The van der Waals surface area contributed by atoms with E-state index < -0.39 is 0 Å². The summed E-state index contributed by atoms with van der Waals surface area (Å²) in [4.78, 5) is 12.4. The first-order chi connectivity index (χ1) is 9.02. The van der Waals surface area contributed by atoms with Crippen LogP contribution in [0.5, 0.6) is 5.75 Å².